The van der Waals surface area contributed by atoms with Crippen LogP contribution in [0.25, 0.3) is 0 Å². The number of piperidine rings is 1. The summed E-state index contributed by atoms with van der Waals surface area (Å²) in [6, 6.07) is 5.97. The number of likely N-dealkylation sites (tertiary alicyclic amines) is 1. The molecule has 4 nitrogen and oxygen atoms in total. The normalized spacial score (nSPS) is 19.7. The van der Waals surface area contributed by atoms with Crippen LogP contribution < -0.4 is 0 Å². The minimum absolute atomic E-state index is 0.0257. The second kappa shape index (κ2) is 11.7. The molecule has 1 aromatic rings. The van der Waals surface area contributed by atoms with Gasteiger partial charge in [-0.15, -0.1) is 0 Å². The van der Waals surface area contributed by atoms with Crippen LogP contribution in [-0.2, 0) is 32.6 Å². The van der Waals surface area contributed by atoms with E-state index in [1.165, 1.54) is 18.1 Å². The number of ether oxygens (including phenoxy) is 1. The molecule has 0 saturated carbocycles. The maximum atomic E-state index is 13.7. The van der Waals surface area contributed by atoms with Gasteiger partial charge in [-0.3, -0.25) is 4.79 Å². The third-order valence-electron chi connectivity index (χ3n) is 6.65. The van der Waals surface area contributed by atoms with Crippen LogP contribution in [0.4, 0.5) is 4.39 Å². The van der Waals surface area contributed by atoms with E-state index in [4.69, 9.17) is 4.74 Å². The Morgan fingerprint density at radius 2 is 1.82 bits per heavy atom. The summed E-state index contributed by atoms with van der Waals surface area (Å²) in [5, 5.41) is -1.31. The molecule has 1 spiro atoms. The van der Waals surface area contributed by atoms with Crippen molar-refractivity contribution in [2.24, 2.45) is 0 Å². The fourth-order valence-corrected chi connectivity index (χ4v) is 5.09. The molecule has 0 radical (unpaired) electrons. The molecule has 2 heterocycles. The maximum Gasteiger partial charge on any atom is 0.335 e. The Labute approximate surface area is 201 Å². The van der Waals surface area contributed by atoms with E-state index in [2.05, 4.69) is 41.0 Å². The number of Topliss-reactive ketones (excluding diaryl/α,β-unsaturated/α-hetero) is 1. The van der Waals surface area contributed by atoms with E-state index >= 15 is 0 Å². The Bertz CT molecular complexity index is 880. The number of rotatable bonds is 7. The lowest BCUT2D eigenvalue weighted by Crippen LogP contribution is -2.47. The quantitative estimate of drug-likeness (QED) is 0.362. The molecule has 0 bridgehead atoms. The number of aryl methyl sites for hydroxylation is 2. The summed E-state index contributed by atoms with van der Waals surface area (Å²) in [7, 11) is 2.25. The van der Waals surface area contributed by atoms with Crippen molar-refractivity contribution in [3.8, 4) is 0 Å². The van der Waals surface area contributed by atoms with Crippen LogP contribution in [0.5, 0.6) is 0 Å². The number of halogens is 1. The number of benzene rings is 1. The lowest BCUT2D eigenvalue weighted by Gasteiger charge is -2.39. The van der Waals surface area contributed by atoms with Crippen LogP contribution in [0.15, 0.2) is 29.3 Å². The lowest BCUT2D eigenvalue weighted by atomic mass is 9.81. The topological polar surface area (TPSA) is 46.6 Å². The van der Waals surface area contributed by atoms with E-state index in [1.54, 1.807) is 13.8 Å². The van der Waals surface area contributed by atoms with Crippen molar-refractivity contribution in [1.29, 1.82) is 0 Å². The molecule has 1 fully saturated rings. The van der Waals surface area contributed by atoms with Crippen LogP contribution >= 0.6 is 9.24 Å². The molecule has 2 aliphatic heterocycles. The molecule has 0 amide bonds. The van der Waals surface area contributed by atoms with Gasteiger partial charge in [-0.25, -0.2) is 9.18 Å². The highest BCUT2D eigenvalue weighted by atomic mass is 31.0. The maximum absolute atomic E-state index is 13.7. The van der Waals surface area contributed by atoms with Crippen LogP contribution in [0.1, 0.15) is 83.9 Å². The molecule has 184 valence electrons. The van der Waals surface area contributed by atoms with Gasteiger partial charge in [-0.1, -0.05) is 54.6 Å². The fourth-order valence-electron chi connectivity index (χ4n) is 4.91. The Kier molecular flexibility index (Phi) is 9.82. The number of carbonyl (C=O) groups is 2. The second-order valence-electron chi connectivity index (χ2n) is 9.44. The molecule has 1 aromatic carbocycles. The first kappa shape index (κ1) is 27.7. The van der Waals surface area contributed by atoms with Crippen LogP contribution in [0, 0.1) is 0 Å². The predicted molar refractivity (Wildman–Crippen MR) is 136 cm³/mol. The lowest BCUT2D eigenvalue weighted by molar-refractivity contribution is -0.150. The smallest absolute Gasteiger partial charge is 0.335 e. The standard InChI is InChI=1S/C14H21NO3.C13H20FP/c1-4-7-15-8-5-14(6-9-15)12(11(3)16)10(2)13(17)18-14;1-4-6-11-7-8-12(13(3,14)15)9-10(11)5-2/h4-9H2,1-3H3;7-9H,4-6,15H2,1-3H3. The second-order valence-corrected chi connectivity index (χ2v) is 10.5. The Morgan fingerprint density at radius 3 is 2.30 bits per heavy atom. The largest absolute Gasteiger partial charge is 0.451 e. The zero-order valence-corrected chi connectivity index (χ0v) is 22.4. The summed E-state index contributed by atoms with van der Waals surface area (Å²) in [6.45, 7) is 14.1. The summed E-state index contributed by atoms with van der Waals surface area (Å²) < 4.78 is 19.3. The fraction of sp³-hybridized carbons (Fsp3) is 0.630. The molecule has 0 aliphatic carbocycles. The van der Waals surface area contributed by atoms with Crippen molar-refractivity contribution in [3.63, 3.8) is 0 Å². The highest BCUT2D eigenvalue weighted by Crippen LogP contribution is 2.41. The van der Waals surface area contributed by atoms with Crippen LogP contribution in [0.2, 0.25) is 0 Å². The molecule has 2 atom stereocenters. The van der Waals surface area contributed by atoms with Gasteiger partial charge in [0.05, 0.1) is 0 Å². The van der Waals surface area contributed by atoms with Crippen molar-refractivity contribution in [1.82, 2.24) is 4.90 Å². The molecule has 2 unspecified atom stereocenters. The van der Waals surface area contributed by atoms with E-state index in [9.17, 15) is 14.0 Å². The van der Waals surface area contributed by atoms with E-state index in [0.29, 0.717) is 11.1 Å². The summed E-state index contributed by atoms with van der Waals surface area (Å²) in [5.41, 5.74) is 3.88. The molecular weight excluding hydrogens is 436 g/mol. The number of ketones is 1. The first-order valence-electron chi connectivity index (χ1n) is 12.3. The number of esters is 1. The van der Waals surface area contributed by atoms with Crippen molar-refractivity contribution in [2.75, 3.05) is 19.6 Å². The van der Waals surface area contributed by atoms with Gasteiger partial charge in [0.25, 0.3) is 0 Å². The van der Waals surface area contributed by atoms with E-state index in [0.717, 1.165) is 63.7 Å². The minimum Gasteiger partial charge on any atom is -0.451 e. The number of alkyl halides is 1. The molecule has 6 heteroatoms. The first-order chi connectivity index (χ1) is 15.5. The third kappa shape index (κ3) is 6.73. The monoisotopic (exact) mass is 477 g/mol. The van der Waals surface area contributed by atoms with Gasteiger partial charge in [0.1, 0.15) is 11.0 Å². The van der Waals surface area contributed by atoms with Gasteiger partial charge >= 0.3 is 5.97 Å². The summed E-state index contributed by atoms with van der Waals surface area (Å²) in [4.78, 5) is 25.9. The highest BCUT2D eigenvalue weighted by molar-refractivity contribution is 7.18. The van der Waals surface area contributed by atoms with Crippen molar-refractivity contribution >= 4 is 21.0 Å². The third-order valence-corrected chi connectivity index (χ3v) is 6.98. The van der Waals surface area contributed by atoms with Crippen molar-refractivity contribution in [3.05, 3.63) is 46.0 Å². The Balaban J connectivity index is 0.000000238. The number of hydrogen-bond donors (Lipinski definition) is 0. The molecular formula is C27H41FNO3P. The van der Waals surface area contributed by atoms with Gasteiger partial charge in [0, 0.05) is 37.1 Å². The van der Waals surface area contributed by atoms with Crippen molar-refractivity contribution in [2.45, 2.75) is 91.1 Å². The van der Waals surface area contributed by atoms with Crippen LogP contribution in [0.3, 0.4) is 0 Å². The van der Waals surface area contributed by atoms with Gasteiger partial charge < -0.3 is 9.64 Å². The van der Waals surface area contributed by atoms with Gasteiger partial charge in [0.2, 0.25) is 0 Å². The van der Waals surface area contributed by atoms with Gasteiger partial charge in [-0.05, 0) is 63.3 Å². The predicted octanol–water partition coefficient (Wildman–Crippen LogP) is 5.91. The van der Waals surface area contributed by atoms with E-state index < -0.39 is 11.0 Å². The van der Waals surface area contributed by atoms with Crippen LogP contribution in [-0.4, -0.2) is 41.9 Å². The molecule has 1 saturated heterocycles. The zero-order valence-electron chi connectivity index (χ0n) is 21.2. The molecule has 0 N–H and O–H groups in total. The molecule has 3 rings (SSSR count). The summed E-state index contributed by atoms with van der Waals surface area (Å²) in [6.07, 6.45) is 5.81. The van der Waals surface area contributed by atoms with Crippen molar-refractivity contribution < 1.29 is 18.7 Å². The summed E-state index contributed by atoms with van der Waals surface area (Å²) in [5.74, 6) is -0.341. The average Bonchev–Trinajstić information content (AvgIpc) is 2.99. The van der Waals surface area contributed by atoms with Gasteiger partial charge in [0.15, 0.2) is 5.78 Å². The first-order valence-corrected chi connectivity index (χ1v) is 12.8. The number of carbonyl (C=O) groups excluding carboxylic acids is 2. The average molecular weight is 478 g/mol. The Hall–Kier alpha value is -1.58. The van der Waals surface area contributed by atoms with E-state index in [1.807, 2.05) is 12.1 Å². The minimum atomic E-state index is -1.31. The molecule has 0 aromatic heterocycles. The molecule has 2 aliphatic rings. The zero-order chi connectivity index (χ0) is 24.8. The van der Waals surface area contributed by atoms with E-state index in [-0.39, 0.29) is 11.8 Å². The Morgan fingerprint density at radius 1 is 1.18 bits per heavy atom. The number of nitrogens with zero attached hydrogens (tertiary/aromatic N) is 1. The SMILES string of the molecule is CCCN1CCC2(CC1)OC(=O)C(C)=C2C(C)=O.CCCc1ccc(C(C)(F)P)cc1CC. The van der Waals surface area contributed by atoms with Gasteiger partial charge in [-0.2, -0.15) is 0 Å². The number of hydrogen-bond acceptors (Lipinski definition) is 4. The molecule has 33 heavy (non-hydrogen) atoms. The highest BCUT2D eigenvalue weighted by Gasteiger charge is 2.49. The summed E-state index contributed by atoms with van der Waals surface area (Å²) >= 11 is 0.